The van der Waals surface area contributed by atoms with Crippen molar-refractivity contribution in [3.8, 4) is 5.75 Å². The molecule has 0 atom stereocenters. The fraction of sp³-hybridized carbons (Fsp3) is 0.263. The van der Waals surface area contributed by atoms with E-state index in [-0.39, 0.29) is 23.9 Å². The number of nitrogens with zero attached hydrogens (tertiary/aromatic N) is 2. The topological polar surface area (TPSA) is 102 Å². The van der Waals surface area contributed by atoms with Crippen LogP contribution in [0, 0.1) is 10.1 Å². The van der Waals surface area contributed by atoms with Crippen molar-refractivity contribution in [2.45, 2.75) is 13.8 Å². The number of amides is 2. The smallest absolute Gasteiger partial charge is 0.271 e. The molecule has 1 N–H and O–H groups in total. The van der Waals surface area contributed by atoms with E-state index in [0.29, 0.717) is 28.9 Å². The Labute approximate surface area is 170 Å². The van der Waals surface area contributed by atoms with Crippen LogP contribution in [0.5, 0.6) is 5.75 Å². The highest BCUT2D eigenvalue weighted by Crippen LogP contribution is 2.27. The first-order chi connectivity index (χ1) is 13.3. The van der Waals surface area contributed by atoms with Crippen molar-refractivity contribution < 1.29 is 19.2 Å². The zero-order valence-electron chi connectivity index (χ0n) is 15.5. The number of non-ortho nitro benzene ring substituents is 1. The molecule has 2 aromatic rings. The summed E-state index contributed by atoms with van der Waals surface area (Å²) in [5.74, 6) is -0.0985. The molecule has 2 amide bonds. The molecule has 0 spiro atoms. The number of hydrogen-bond donors (Lipinski definition) is 1. The summed E-state index contributed by atoms with van der Waals surface area (Å²) in [5.41, 5.74) is 0.692. The number of rotatable bonds is 8. The van der Waals surface area contributed by atoms with Gasteiger partial charge in [0.05, 0.1) is 10.6 Å². The Hall–Kier alpha value is -2.94. The second kappa shape index (κ2) is 9.84. The number of ether oxygens (including phenoxy) is 1. The van der Waals surface area contributed by atoms with E-state index in [1.54, 1.807) is 29.2 Å². The zero-order valence-corrected chi connectivity index (χ0v) is 17.1. The first-order valence-corrected chi connectivity index (χ1v) is 9.41. The lowest BCUT2D eigenvalue weighted by molar-refractivity contribution is -0.384. The van der Waals surface area contributed by atoms with Crippen molar-refractivity contribution in [1.82, 2.24) is 4.90 Å². The molecule has 9 heteroatoms. The molecule has 0 aromatic heterocycles. The lowest BCUT2D eigenvalue weighted by Crippen LogP contribution is -2.30. The largest absolute Gasteiger partial charge is 0.484 e. The van der Waals surface area contributed by atoms with Crippen molar-refractivity contribution in [1.29, 1.82) is 0 Å². The van der Waals surface area contributed by atoms with Gasteiger partial charge in [0.1, 0.15) is 5.75 Å². The molecule has 0 aliphatic rings. The predicted octanol–water partition coefficient (Wildman–Crippen LogP) is 3.86. The van der Waals surface area contributed by atoms with Gasteiger partial charge in [0.2, 0.25) is 0 Å². The van der Waals surface area contributed by atoms with Gasteiger partial charge in [-0.15, -0.1) is 0 Å². The van der Waals surface area contributed by atoms with Gasteiger partial charge in [0.25, 0.3) is 17.5 Å². The van der Waals surface area contributed by atoms with E-state index >= 15 is 0 Å². The zero-order chi connectivity index (χ0) is 20.7. The Morgan fingerprint density at radius 3 is 2.36 bits per heavy atom. The Kier molecular flexibility index (Phi) is 7.51. The van der Waals surface area contributed by atoms with Gasteiger partial charge in [-0.3, -0.25) is 19.7 Å². The Balaban J connectivity index is 1.95. The normalized spacial score (nSPS) is 10.2. The molecule has 0 heterocycles. The summed E-state index contributed by atoms with van der Waals surface area (Å²) in [5, 5.41) is 13.4. The number of benzene rings is 2. The van der Waals surface area contributed by atoms with Gasteiger partial charge in [-0.25, -0.2) is 0 Å². The van der Waals surface area contributed by atoms with Gasteiger partial charge in [0.15, 0.2) is 6.61 Å². The molecule has 2 rings (SSSR count). The van der Waals surface area contributed by atoms with E-state index in [4.69, 9.17) is 4.74 Å². The molecular weight excluding hydrogens is 430 g/mol. The fourth-order valence-corrected chi connectivity index (χ4v) is 2.79. The molecule has 0 fully saturated rings. The van der Waals surface area contributed by atoms with Crippen molar-refractivity contribution in [2.75, 3.05) is 25.0 Å². The van der Waals surface area contributed by atoms with Crippen LogP contribution in [0.3, 0.4) is 0 Å². The number of halogens is 1. The van der Waals surface area contributed by atoms with Gasteiger partial charge < -0.3 is 15.0 Å². The van der Waals surface area contributed by atoms with Crippen LogP contribution >= 0.6 is 15.9 Å². The fourth-order valence-electron chi connectivity index (χ4n) is 2.44. The van der Waals surface area contributed by atoms with E-state index in [2.05, 4.69) is 21.2 Å². The molecule has 28 heavy (non-hydrogen) atoms. The molecule has 148 valence electrons. The lowest BCUT2D eigenvalue weighted by atomic mass is 10.2. The van der Waals surface area contributed by atoms with Crippen molar-refractivity contribution in [3.63, 3.8) is 0 Å². The molecular formula is C19H20BrN3O5. The monoisotopic (exact) mass is 449 g/mol. The van der Waals surface area contributed by atoms with Crippen LogP contribution in [-0.4, -0.2) is 41.3 Å². The number of carbonyl (C=O) groups excluding carboxylic acids is 2. The van der Waals surface area contributed by atoms with Gasteiger partial charge in [-0.05, 0) is 60.1 Å². The molecule has 0 aliphatic carbocycles. The maximum absolute atomic E-state index is 12.3. The SMILES string of the molecule is CCN(CC)C(=O)c1ccc(OCC(=O)Nc2cc([N+](=O)[O-])ccc2Br)cc1. The third-order valence-corrected chi connectivity index (χ3v) is 4.65. The minimum atomic E-state index is -0.542. The summed E-state index contributed by atoms with van der Waals surface area (Å²) in [6, 6.07) is 10.6. The average Bonchev–Trinajstić information content (AvgIpc) is 2.69. The molecule has 0 saturated carbocycles. The van der Waals surface area contributed by atoms with Crippen molar-refractivity contribution >= 4 is 39.1 Å². The van der Waals surface area contributed by atoms with Crippen LogP contribution in [0.1, 0.15) is 24.2 Å². The van der Waals surface area contributed by atoms with Crippen LogP contribution in [0.4, 0.5) is 11.4 Å². The highest BCUT2D eigenvalue weighted by atomic mass is 79.9. The molecule has 8 nitrogen and oxygen atoms in total. The van der Waals surface area contributed by atoms with Crippen LogP contribution in [0.2, 0.25) is 0 Å². The van der Waals surface area contributed by atoms with Crippen molar-refractivity contribution in [2.24, 2.45) is 0 Å². The van der Waals surface area contributed by atoms with Crippen LogP contribution in [0.25, 0.3) is 0 Å². The maximum Gasteiger partial charge on any atom is 0.271 e. The molecule has 0 unspecified atom stereocenters. The van der Waals surface area contributed by atoms with E-state index in [0.717, 1.165) is 0 Å². The molecule has 2 aromatic carbocycles. The average molecular weight is 450 g/mol. The standard InChI is InChI=1S/C19H20BrN3O5/c1-3-22(4-2)19(25)13-5-8-15(9-6-13)28-12-18(24)21-17-11-14(23(26)27)7-10-16(17)20/h5-11H,3-4,12H2,1-2H3,(H,21,24). The summed E-state index contributed by atoms with van der Waals surface area (Å²) in [4.78, 5) is 36.3. The van der Waals surface area contributed by atoms with Gasteiger partial charge >= 0.3 is 0 Å². The van der Waals surface area contributed by atoms with Gasteiger partial charge in [-0.1, -0.05) is 0 Å². The maximum atomic E-state index is 12.3. The minimum Gasteiger partial charge on any atom is -0.484 e. The Morgan fingerprint density at radius 1 is 1.14 bits per heavy atom. The second-order valence-corrected chi connectivity index (χ2v) is 6.61. The minimum absolute atomic E-state index is 0.0650. The van der Waals surface area contributed by atoms with E-state index in [1.807, 2.05) is 13.8 Å². The number of nitro groups is 1. The summed E-state index contributed by atoms with van der Waals surface area (Å²) in [7, 11) is 0. The molecule has 0 saturated heterocycles. The van der Waals surface area contributed by atoms with Crippen LogP contribution in [0.15, 0.2) is 46.9 Å². The Bertz CT molecular complexity index is 866. The molecule has 0 bridgehead atoms. The summed E-state index contributed by atoms with van der Waals surface area (Å²) >= 11 is 3.23. The van der Waals surface area contributed by atoms with Gasteiger partial charge in [0, 0.05) is 35.3 Å². The van der Waals surface area contributed by atoms with Crippen LogP contribution in [-0.2, 0) is 4.79 Å². The third kappa shape index (κ3) is 5.53. The molecule has 0 aliphatic heterocycles. The summed E-state index contributed by atoms with van der Waals surface area (Å²) < 4.78 is 5.94. The predicted molar refractivity (Wildman–Crippen MR) is 109 cm³/mol. The number of carbonyl (C=O) groups is 2. The van der Waals surface area contributed by atoms with Crippen LogP contribution < -0.4 is 10.1 Å². The first-order valence-electron chi connectivity index (χ1n) is 8.61. The van der Waals surface area contributed by atoms with E-state index in [9.17, 15) is 19.7 Å². The number of nitro benzene ring substituents is 1. The highest BCUT2D eigenvalue weighted by molar-refractivity contribution is 9.10. The quantitative estimate of drug-likeness (QED) is 0.486. The lowest BCUT2D eigenvalue weighted by Gasteiger charge is -2.18. The number of hydrogen-bond acceptors (Lipinski definition) is 5. The Morgan fingerprint density at radius 2 is 1.79 bits per heavy atom. The summed E-state index contributed by atoms with van der Waals surface area (Å²) in [6.07, 6.45) is 0. The summed E-state index contributed by atoms with van der Waals surface area (Å²) in [6.45, 7) is 4.80. The van der Waals surface area contributed by atoms with Crippen molar-refractivity contribution in [3.05, 3.63) is 62.6 Å². The molecule has 0 radical (unpaired) electrons. The number of nitrogens with one attached hydrogen (secondary N) is 1. The van der Waals surface area contributed by atoms with E-state index in [1.165, 1.54) is 18.2 Å². The number of anilines is 1. The van der Waals surface area contributed by atoms with Gasteiger partial charge in [-0.2, -0.15) is 0 Å². The second-order valence-electron chi connectivity index (χ2n) is 5.76. The first kappa shape index (κ1) is 21.4. The van der Waals surface area contributed by atoms with E-state index < -0.39 is 10.8 Å². The third-order valence-electron chi connectivity index (χ3n) is 3.96. The highest BCUT2D eigenvalue weighted by Gasteiger charge is 2.14.